The number of allylic oxidation sites excluding steroid dienone is 1. The Balaban J connectivity index is 1.29. The monoisotopic (exact) mass is 388 g/mol. The summed E-state index contributed by atoms with van der Waals surface area (Å²) in [6.07, 6.45) is 9.82. The van der Waals surface area contributed by atoms with Crippen LogP contribution in [0.1, 0.15) is 65.2 Å². The van der Waals surface area contributed by atoms with E-state index in [0.717, 1.165) is 55.6 Å². The molecule has 1 aliphatic heterocycles. The van der Waals surface area contributed by atoms with E-state index in [9.17, 15) is 5.11 Å². The van der Waals surface area contributed by atoms with Crippen molar-refractivity contribution in [2.24, 2.45) is 35.0 Å². The van der Waals surface area contributed by atoms with Crippen LogP contribution in [0, 0.1) is 35.0 Å². The highest BCUT2D eigenvalue weighted by atomic mass is 16.7. The van der Waals surface area contributed by atoms with Gasteiger partial charge in [0, 0.05) is 12.8 Å². The van der Waals surface area contributed by atoms with Crippen LogP contribution in [0.5, 0.6) is 0 Å². The second-order valence-electron chi connectivity index (χ2n) is 10.9. The molecule has 0 amide bonds. The van der Waals surface area contributed by atoms with Crippen molar-refractivity contribution in [1.29, 1.82) is 0 Å². The molecule has 156 valence electrons. The van der Waals surface area contributed by atoms with Gasteiger partial charge in [-0.2, -0.15) is 0 Å². The van der Waals surface area contributed by atoms with Gasteiger partial charge < -0.3 is 19.3 Å². The van der Waals surface area contributed by atoms with Gasteiger partial charge in [-0.25, -0.2) is 0 Å². The summed E-state index contributed by atoms with van der Waals surface area (Å²) in [5.74, 6) is 3.75. The highest BCUT2D eigenvalue weighted by Crippen LogP contribution is 2.76. The molecular formula is C24H36O4. The Hall–Kier alpha value is -0.420. The van der Waals surface area contributed by atoms with E-state index < -0.39 is 0 Å². The van der Waals surface area contributed by atoms with Crippen molar-refractivity contribution in [3.8, 4) is 0 Å². The minimum atomic E-state index is -0.277. The Labute approximate surface area is 169 Å². The average Bonchev–Trinajstić information content (AvgIpc) is 3.32. The molecule has 0 aromatic heterocycles. The maximum atomic E-state index is 9.37. The van der Waals surface area contributed by atoms with Gasteiger partial charge in [0.2, 0.25) is 0 Å². The zero-order chi connectivity index (χ0) is 19.1. The minimum absolute atomic E-state index is 0.0349. The molecule has 1 saturated heterocycles. The van der Waals surface area contributed by atoms with E-state index >= 15 is 0 Å². The fraction of sp³-hybridized carbons (Fsp3) is 0.917. The molecule has 1 spiro atoms. The quantitative estimate of drug-likeness (QED) is 0.741. The molecule has 5 unspecified atom stereocenters. The summed E-state index contributed by atoms with van der Waals surface area (Å²) in [6.45, 7) is 7.07. The molecule has 1 N–H and O–H groups in total. The van der Waals surface area contributed by atoms with Crippen LogP contribution in [0.3, 0.4) is 0 Å². The van der Waals surface area contributed by atoms with Crippen molar-refractivity contribution in [2.45, 2.75) is 76.6 Å². The summed E-state index contributed by atoms with van der Waals surface area (Å²) < 4.78 is 18.5. The van der Waals surface area contributed by atoms with Crippen molar-refractivity contribution >= 4 is 0 Å². The molecule has 5 aliphatic carbocycles. The van der Waals surface area contributed by atoms with Crippen molar-refractivity contribution in [3.05, 3.63) is 11.1 Å². The maximum Gasteiger partial charge on any atom is 0.172 e. The Morgan fingerprint density at radius 2 is 1.89 bits per heavy atom. The van der Waals surface area contributed by atoms with Crippen LogP contribution in [0.15, 0.2) is 11.1 Å². The lowest BCUT2D eigenvalue weighted by molar-refractivity contribution is -0.171. The van der Waals surface area contributed by atoms with Crippen LogP contribution in [0.4, 0.5) is 0 Å². The fourth-order valence-electron chi connectivity index (χ4n) is 8.75. The lowest BCUT2D eigenvalue weighted by Gasteiger charge is -2.57. The number of fused-ring (bicyclic) bond motifs is 6. The van der Waals surface area contributed by atoms with Gasteiger partial charge in [-0.15, -0.1) is 0 Å². The van der Waals surface area contributed by atoms with E-state index in [2.05, 4.69) is 13.8 Å². The van der Waals surface area contributed by atoms with Gasteiger partial charge in [0.1, 0.15) is 0 Å². The first kappa shape index (κ1) is 18.4. The van der Waals surface area contributed by atoms with E-state index in [-0.39, 0.29) is 23.4 Å². The van der Waals surface area contributed by atoms with Crippen LogP contribution < -0.4 is 0 Å². The molecule has 0 bridgehead atoms. The third-order valence-corrected chi connectivity index (χ3v) is 10.1. The Morgan fingerprint density at radius 1 is 1.07 bits per heavy atom. The molecule has 3 saturated carbocycles. The normalized spacial score (nSPS) is 50.9. The zero-order valence-corrected chi connectivity index (χ0v) is 17.5. The predicted molar refractivity (Wildman–Crippen MR) is 106 cm³/mol. The molecule has 4 nitrogen and oxygen atoms in total. The average molecular weight is 389 g/mol. The van der Waals surface area contributed by atoms with Crippen LogP contribution >= 0.6 is 0 Å². The zero-order valence-electron chi connectivity index (χ0n) is 17.5. The summed E-state index contributed by atoms with van der Waals surface area (Å²) in [7, 11) is 0. The molecule has 0 radical (unpaired) electrons. The summed E-state index contributed by atoms with van der Waals surface area (Å²) in [5, 5.41) is 9.37. The largest absolute Gasteiger partial charge is 0.394 e. The third-order valence-electron chi connectivity index (χ3n) is 10.1. The summed E-state index contributed by atoms with van der Waals surface area (Å²) in [6, 6.07) is 0. The number of hydrogen-bond acceptors (Lipinski definition) is 4. The molecule has 6 aliphatic rings. The first-order valence-electron chi connectivity index (χ1n) is 11.7. The van der Waals surface area contributed by atoms with Crippen molar-refractivity contribution < 1.29 is 19.3 Å². The van der Waals surface area contributed by atoms with Crippen LogP contribution in [-0.4, -0.2) is 42.9 Å². The molecule has 4 fully saturated rings. The minimum Gasteiger partial charge on any atom is -0.394 e. The van der Waals surface area contributed by atoms with Crippen molar-refractivity contribution in [3.63, 3.8) is 0 Å². The van der Waals surface area contributed by atoms with E-state index in [1.165, 1.54) is 38.5 Å². The number of aliphatic hydroxyl groups is 1. The van der Waals surface area contributed by atoms with Gasteiger partial charge in [-0.3, -0.25) is 0 Å². The molecule has 28 heavy (non-hydrogen) atoms. The van der Waals surface area contributed by atoms with Crippen LogP contribution in [0.2, 0.25) is 0 Å². The van der Waals surface area contributed by atoms with Gasteiger partial charge in [0.25, 0.3) is 0 Å². The Morgan fingerprint density at radius 3 is 2.68 bits per heavy atom. The number of hydrogen-bond donors (Lipinski definition) is 1. The topological polar surface area (TPSA) is 47.9 Å². The molecule has 0 aromatic rings. The molecule has 0 aromatic carbocycles. The van der Waals surface area contributed by atoms with E-state index in [1.807, 2.05) is 0 Å². The van der Waals surface area contributed by atoms with Gasteiger partial charge in [0.15, 0.2) is 5.79 Å². The second kappa shape index (κ2) is 6.06. The third kappa shape index (κ3) is 2.27. The van der Waals surface area contributed by atoms with Crippen molar-refractivity contribution in [2.75, 3.05) is 26.4 Å². The van der Waals surface area contributed by atoms with E-state index in [1.54, 1.807) is 11.1 Å². The number of aliphatic hydroxyl groups excluding tert-OH is 1. The first-order valence-corrected chi connectivity index (χ1v) is 11.7. The summed E-state index contributed by atoms with van der Waals surface area (Å²) in [5.41, 5.74) is 3.72. The van der Waals surface area contributed by atoms with Crippen LogP contribution in [0.25, 0.3) is 0 Å². The number of ether oxygens (including phenoxy) is 3. The predicted octanol–water partition coefficient (Wildman–Crippen LogP) is 4.07. The lowest BCUT2D eigenvalue weighted by atomic mass is 9.50. The van der Waals surface area contributed by atoms with Crippen LogP contribution in [-0.2, 0) is 14.2 Å². The number of rotatable bonds is 3. The standard InChI is InChI=1S/C24H36O4/c1-22-7-5-17-16-6-8-24(27-11-12-28-24)14-15(16)3-4-18(17)21(22)19-13-20(19)23(22,2)26-10-9-25/h17-21,25H,3-14H2,1-2H3/t17?,18?,19-,20+,21?,22?,23?/m0/s1. The van der Waals surface area contributed by atoms with E-state index in [0.29, 0.717) is 6.61 Å². The van der Waals surface area contributed by atoms with Gasteiger partial charge in [-0.05, 0) is 80.5 Å². The molecule has 1 heterocycles. The van der Waals surface area contributed by atoms with Gasteiger partial charge in [0.05, 0.1) is 32.0 Å². The SMILES string of the molecule is CC12CCC3C4=C(CCC3C1[C@H]1C[C@H]1C2(C)OCCO)CC1(CC4)OCCO1. The smallest absolute Gasteiger partial charge is 0.172 e. The van der Waals surface area contributed by atoms with E-state index in [4.69, 9.17) is 14.2 Å². The Kier molecular flexibility index (Phi) is 3.97. The van der Waals surface area contributed by atoms with Crippen molar-refractivity contribution in [1.82, 2.24) is 0 Å². The summed E-state index contributed by atoms with van der Waals surface area (Å²) >= 11 is 0. The highest BCUT2D eigenvalue weighted by Gasteiger charge is 2.74. The first-order chi connectivity index (χ1) is 13.5. The fourth-order valence-corrected chi connectivity index (χ4v) is 8.75. The summed E-state index contributed by atoms with van der Waals surface area (Å²) in [4.78, 5) is 0. The Bertz CT molecular complexity index is 695. The van der Waals surface area contributed by atoms with Gasteiger partial charge in [-0.1, -0.05) is 18.1 Å². The lowest BCUT2D eigenvalue weighted by Crippen LogP contribution is -2.54. The van der Waals surface area contributed by atoms with Gasteiger partial charge >= 0.3 is 0 Å². The molecular weight excluding hydrogens is 352 g/mol. The maximum absolute atomic E-state index is 9.37. The highest BCUT2D eigenvalue weighted by molar-refractivity contribution is 5.31. The molecule has 4 heteroatoms. The molecule has 6 rings (SSSR count). The second-order valence-corrected chi connectivity index (χ2v) is 10.9. The molecule has 7 atom stereocenters.